The van der Waals surface area contributed by atoms with Gasteiger partial charge in [-0.25, -0.2) is 10.8 Å². The summed E-state index contributed by atoms with van der Waals surface area (Å²) in [5, 5.41) is 8.81. The van der Waals surface area contributed by atoms with Crippen molar-refractivity contribution < 1.29 is 4.74 Å². The number of hydrogen-bond acceptors (Lipinski definition) is 6. The fourth-order valence-electron chi connectivity index (χ4n) is 1.79. The zero-order valence-corrected chi connectivity index (χ0v) is 9.47. The topological polar surface area (TPSA) is 87.2 Å². The molecule has 1 unspecified atom stereocenters. The van der Waals surface area contributed by atoms with Gasteiger partial charge in [0.25, 0.3) is 0 Å². The third-order valence-electron chi connectivity index (χ3n) is 2.67. The minimum atomic E-state index is -0.318. The maximum absolute atomic E-state index is 8.81. The number of nitriles is 1. The molecule has 2 rings (SSSR count). The molecule has 1 aliphatic rings. The number of nitrogen functional groups attached to an aromatic ring is 1. The molecule has 1 aromatic rings. The Labute approximate surface area is 100.0 Å². The van der Waals surface area contributed by atoms with Crippen molar-refractivity contribution in [3.63, 3.8) is 0 Å². The van der Waals surface area contributed by atoms with Gasteiger partial charge in [0.05, 0.1) is 12.7 Å². The van der Waals surface area contributed by atoms with Crippen LogP contribution in [-0.4, -0.2) is 35.7 Å². The molecule has 3 N–H and O–H groups in total. The van der Waals surface area contributed by atoms with E-state index in [9.17, 15) is 0 Å². The quantitative estimate of drug-likeness (QED) is 0.568. The van der Waals surface area contributed by atoms with Crippen LogP contribution in [0.5, 0.6) is 0 Å². The zero-order chi connectivity index (χ0) is 12.1. The van der Waals surface area contributed by atoms with Crippen LogP contribution in [0.4, 0.5) is 5.82 Å². The summed E-state index contributed by atoms with van der Waals surface area (Å²) >= 11 is 0. The molecule has 1 fully saturated rings. The highest BCUT2D eigenvalue weighted by atomic mass is 16.5. The van der Waals surface area contributed by atoms with E-state index in [0.29, 0.717) is 19.0 Å². The van der Waals surface area contributed by atoms with Crippen molar-refractivity contribution >= 4 is 5.82 Å². The van der Waals surface area contributed by atoms with Gasteiger partial charge in [0, 0.05) is 25.8 Å². The third-order valence-corrected chi connectivity index (χ3v) is 2.67. The number of nitrogens with two attached hydrogens (primary N) is 1. The average Bonchev–Trinajstić information content (AvgIpc) is 2.40. The number of aromatic nitrogens is 1. The van der Waals surface area contributed by atoms with Gasteiger partial charge in [0.2, 0.25) is 0 Å². The number of rotatable bonds is 3. The van der Waals surface area contributed by atoms with E-state index >= 15 is 0 Å². The number of ether oxygens (including phenoxy) is 1. The fourth-order valence-corrected chi connectivity index (χ4v) is 1.79. The lowest BCUT2D eigenvalue weighted by molar-refractivity contribution is -0.00272. The number of nitrogens with zero attached hydrogens (tertiary/aromatic N) is 3. The van der Waals surface area contributed by atoms with Crippen LogP contribution >= 0.6 is 0 Å². The molecule has 0 radical (unpaired) electrons. The predicted octanol–water partition coefficient (Wildman–Crippen LogP) is 0.0916. The van der Waals surface area contributed by atoms with E-state index < -0.39 is 0 Å². The maximum Gasteiger partial charge on any atom is 0.156 e. The van der Waals surface area contributed by atoms with Crippen LogP contribution in [0.1, 0.15) is 5.56 Å². The van der Waals surface area contributed by atoms with Crippen molar-refractivity contribution in [2.75, 3.05) is 25.1 Å². The van der Waals surface area contributed by atoms with Gasteiger partial charge >= 0.3 is 0 Å². The summed E-state index contributed by atoms with van der Waals surface area (Å²) in [6.45, 7) is 2.87. The predicted molar refractivity (Wildman–Crippen MR) is 62.7 cm³/mol. The van der Waals surface area contributed by atoms with Crippen molar-refractivity contribution in [1.29, 1.82) is 5.26 Å². The van der Waals surface area contributed by atoms with E-state index in [1.54, 1.807) is 6.20 Å². The molecule has 6 heteroatoms. The Morgan fingerprint density at radius 1 is 1.65 bits per heavy atom. The molecule has 90 valence electrons. The first kappa shape index (κ1) is 11.8. The third kappa shape index (κ3) is 3.14. The number of anilines is 1. The van der Waals surface area contributed by atoms with Gasteiger partial charge in [-0.05, 0) is 11.6 Å². The van der Waals surface area contributed by atoms with Crippen molar-refractivity contribution in [3.05, 3.63) is 23.9 Å². The summed E-state index contributed by atoms with van der Waals surface area (Å²) in [6, 6.07) is 5.93. The minimum absolute atomic E-state index is 0.318. The lowest BCUT2D eigenvalue weighted by Crippen LogP contribution is -2.41. The molecule has 1 aliphatic heterocycles. The molecule has 0 aliphatic carbocycles. The number of hydrogen-bond donors (Lipinski definition) is 2. The van der Waals surface area contributed by atoms with Crippen LogP contribution < -0.4 is 11.3 Å². The second-order valence-corrected chi connectivity index (χ2v) is 3.92. The van der Waals surface area contributed by atoms with Crippen molar-refractivity contribution in [2.45, 2.75) is 12.6 Å². The van der Waals surface area contributed by atoms with Crippen LogP contribution in [0.25, 0.3) is 0 Å². The van der Waals surface area contributed by atoms with Gasteiger partial charge in [-0.15, -0.1) is 0 Å². The molecule has 0 spiro atoms. The van der Waals surface area contributed by atoms with Crippen LogP contribution in [-0.2, 0) is 11.3 Å². The van der Waals surface area contributed by atoms with E-state index in [1.165, 1.54) is 0 Å². The Morgan fingerprint density at radius 3 is 3.18 bits per heavy atom. The number of nitrogens with one attached hydrogen (secondary N) is 1. The highest BCUT2D eigenvalue weighted by molar-refractivity contribution is 5.33. The van der Waals surface area contributed by atoms with Gasteiger partial charge in [-0.3, -0.25) is 4.90 Å². The molecular formula is C11H15N5O. The van der Waals surface area contributed by atoms with Gasteiger partial charge in [0.15, 0.2) is 6.10 Å². The average molecular weight is 233 g/mol. The fraction of sp³-hybridized carbons (Fsp3) is 0.455. The molecule has 0 amide bonds. The maximum atomic E-state index is 8.81. The molecule has 0 aromatic carbocycles. The van der Waals surface area contributed by atoms with E-state index in [2.05, 4.69) is 21.4 Å². The first-order valence-electron chi connectivity index (χ1n) is 5.47. The molecule has 0 saturated carbocycles. The molecule has 2 heterocycles. The second kappa shape index (κ2) is 5.59. The molecular weight excluding hydrogens is 218 g/mol. The van der Waals surface area contributed by atoms with Crippen LogP contribution in [0.15, 0.2) is 18.3 Å². The van der Waals surface area contributed by atoms with E-state index in [4.69, 9.17) is 15.8 Å². The Kier molecular flexibility index (Phi) is 3.88. The molecule has 1 aromatic heterocycles. The molecule has 0 bridgehead atoms. The lowest BCUT2D eigenvalue weighted by Gasteiger charge is -2.29. The number of pyridine rings is 1. The monoisotopic (exact) mass is 233 g/mol. The van der Waals surface area contributed by atoms with Crippen molar-refractivity contribution in [1.82, 2.24) is 9.88 Å². The summed E-state index contributed by atoms with van der Waals surface area (Å²) in [5.74, 6) is 5.89. The largest absolute Gasteiger partial charge is 0.361 e. The first-order chi connectivity index (χ1) is 8.31. The standard InChI is InChI=1S/C11H15N5O/c12-5-10-8-16(3-4-17-10)7-9-1-2-11(15-13)14-6-9/h1-2,6,10H,3-4,7-8,13H2,(H,14,15). The van der Waals surface area contributed by atoms with Gasteiger partial charge in [0.1, 0.15) is 5.82 Å². The summed E-state index contributed by atoms with van der Waals surface area (Å²) in [7, 11) is 0. The second-order valence-electron chi connectivity index (χ2n) is 3.92. The van der Waals surface area contributed by atoms with E-state index in [0.717, 1.165) is 18.7 Å². The molecule has 17 heavy (non-hydrogen) atoms. The van der Waals surface area contributed by atoms with Crippen molar-refractivity contribution in [2.24, 2.45) is 5.84 Å². The zero-order valence-electron chi connectivity index (χ0n) is 9.47. The molecule has 1 saturated heterocycles. The van der Waals surface area contributed by atoms with Crippen LogP contribution in [0, 0.1) is 11.3 Å². The smallest absolute Gasteiger partial charge is 0.156 e. The lowest BCUT2D eigenvalue weighted by atomic mass is 10.2. The summed E-state index contributed by atoms with van der Waals surface area (Å²) in [6.07, 6.45) is 1.47. The minimum Gasteiger partial charge on any atom is -0.361 e. The summed E-state index contributed by atoms with van der Waals surface area (Å²) in [4.78, 5) is 6.33. The van der Waals surface area contributed by atoms with Gasteiger partial charge in [-0.1, -0.05) is 6.07 Å². The Balaban J connectivity index is 1.93. The normalized spacial score (nSPS) is 20.8. The summed E-state index contributed by atoms with van der Waals surface area (Å²) < 4.78 is 5.29. The highest BCUT2D eigenvalue weighted by Gasteiger charge is 2.19. The molecule has 6 nitrogen and oxygen atoms in total. The SMILES string of the molecule is N#CC1CN(Cc2ccc(NN)nc2)CCO1. The van der Waals surface area contributed by atoms with Crippen LogP contribution in [0.2, 0.25) is 0 Å². The van der Waals surface area contributed by atoms with E-state index in [1.807, 2.05) is 12.1 Å². The number of morpholine rings is 1. The Bertz CT molecular complexity index is 399. The molecule has 1 atom stereocenters. The first-order valence-corrected chi connectivity index (χ1v) is 5.47. The summed E-state index contributed by atoms with van der Waals surface area (Å²) in [5.41, 5.74) is 3.59. The Hall–Kier alpha value is -1.68. The number of hydrazine groups is 1. The Morgan fingerprint density at radius 2 is 2.53 bits per heavy atom. The van der Waals surface area contributed by atoms with Crippen LogP contribution in [0.3, 0.4) is 0 Å². The van der Waals surface area contributed by atoms with Crippen molar-refractivity contribution in [3.8, 4) is 6.07 Å². The van der Waals surface area contributed by atoms with E-state index in [-0.39, 0.29) is 6.10 Å². The van der Waals surface area contributed by atoms with Gasteiger partial charge in [-0.2, -0.15) is 5.26 Å². The highest BCUT2D eigenvalue weighted by Crippen LogP contribution is 2.10. The van der Waals surface area contributed by atoms with Gasteiger partial charge < -0.3 is 10.2 Å².